The highest BCUT2D eigenvalue weighted by Crippen LogP contribution is 2.33. The molecule has 1 aliphatic rings. The van der Waals surface area contributed by atoms with Crippen LogP contribution in [0.5, 0.6) is 0 Å². The highest BCUT2D eigenvalue weighted by molar-refractivity contribution is 9.10. The quantitative estimate of drug-likeness (QED) is 0.490. The van der Waals surface area contributed by atoms with E-state index in [2.05, 4.69) is 99.4 Å². The first-order chi connectivity index (χ1) is 12.3. The molecule has 4 rings (SSSR count). The van der Waals surface area contributed by atoms with E-state index in [4.69, 9.17) is 0 Å². The van der Waals surface area contributed by atoms with Gasteiger partial charge in [0.05, 0.1) is 0 Å². The van der Waals surface area contributed by atoms with E-state index >= 15 is 0 Å². The van der Waals surface area contributed by atoms with Crippen LogP contribution in [0.15, 0.2) is 83.3 Å². The van der Waals surface area contributed by atoms with Gasteiger partial charge in [-0.05, 0) is 53.9 Å². The molecule has 0 saturated heterocycles. The van der Waals surface area contributed by atoms with Crippen LogP contribution in [-0.2, 0) is 6.42 Å². The Kier molecular flexibility index (Phi) is 4.59. The molecule has 3 aromatic carbocycles. The largest absolute Gasteiger partial charge is 0.353 e. The lowest BCUT2D eigenvalue weighted by molar-refractivity contribution is 0.682. The molecule has 122 valence electrons. The van der Waals surface area contributed by atoms with Crippen LogP contribution in [0.4, 0.5) is 5.69 Å². The minimum atomic E-state index is 0.0796. The maximum Gasteiger partial charge on any atom is 0.117 e. The average Bonchev–Trinajstić information content (AvgIpc) is 2.68. The second kappa shape index (κ2) is 7.17. The fourth-order valence-corrected chi connectivity index (χ4v) is 3.57. The van der Waals surface area contributed by atoms with Crippen molar-refractivity contribution in [2.45, 2.75) is 12.5 Å². The summed E-state index contributed by atoms with van der Waals surface area (Å²) in [6, 6.07) is 27.5. The number of hydrogen-bond donors (Lipinski definition) is 0. The Hall–Kier alpha value is -2.50. The summed E-state index contributed by atoms with van der Waals surface area (Å²) in [6.07, 6.45) is 1.06. The zero-order valence-corrected chi connectivity index (χ0v) is 15.4. The second-order valence-corrected chi connectivity index (χ2v) is 7.07. The van der Waals surface area contributed by atoms with Gasteiger partial charge in [-0.15, -0.1) is 0 Å². The van der Waals surface area contributed by atoms with E-state index in [0.29, 0.717) is 0 Å². The summed E-state index contributed by atoms with van der Waals surface area (Å²) < 4.78 is 1.08. The van der Waals surface area contributed by atoms with Crippen LogP contribution in [0.3, 0.4) is 0 Å². The molecule has 2 heteroatoms. The number of nitrogens with zero attached hydrogens (tertiary/aromatic N) is 1. The SMILES string of the molecule is Brc1ccc(C#C[C@H]2c3ccccc3CCN2c2ccccc2)cc1. The Labute approximate surface area is 157 Å². The highest BCUT2D eigenvalue weighted by Gasteiger charge is 2.25. The van der Waals surface area contributed by atoms with Crippen molar-refractivity contribution >= 4 is 21.6 Å². The van der Waals surface area contributed by atoms with Gasteiger partial charge in [0.2, 0.25) is 0 Å². The monoisotopic (exact) mass is 387 g/mol. The van der Waals surface area contributed by atoms with E-state index in [9.17, 15) is 0 Å². The molecule has 25 heavy (non-hydrogen) atoms. The summed E-state index contributed by atoms with van der Waals surface area (Å²) in [5.41, 5.74) is 5.00. The van der Waals surface area contributed by atoms with E-state index in [1.807, 2.05) is 12.1 Å². The Morgan fingerprint density at radius 2 is 1.56 bits per heavy atom. The number of rotatable bonds is 1. The third-order valence-electron chi connectivity index (χ3n) is 4.57. The van der Waals surface area contributed by atoms with Gasteiger partial charge in [-0.2, -0.15) is 0 Å². The highest BCUT2D eigenvalue weighted by atomic mass is 79.9. The molecule has 0 aliphatic carbocycles. The van der Waals surface area contributed by atoms with Crippen LogP contribution in [0.2, 0.25) is 0 Å². The Morgan fingerprint density at radius 3 is 2.36 bits per heavy atom. The molecule has 0 aromatic heterocycles. The normalized spacial score (nSPS) is 15.9. The number of benzene rings is 3. The number of fused-ring (bicyclic) bond motifs is 1. The first-order valence-electron chi connectivity index (χ1n) is 8.48. The molecule has 1 aliphatic heterocycles. The molecule has 3 aromatic rings. The van der Waals surface area contributed by atoms with Crippen molar-refractivity contribution in [2.75, 3.05) is 11.4 Å². The van der Waals surface area contributed by atoms with Gasteiger partial charge in [-0.3, -0.25) is 0 Å². The number of anilines is 1. The van der Waals surface area contributed by atoms with Crippen molar-refractivity contribution in [3.63, 3.8) is 0 Å². The van der Waals surface area contributed by atoms with Gasteiger partial charge in [0.1, 0.15) is 6.04 Å². The van der Waals surface area contributed by atoms with Crippen molar-refractivity contribution < 1.29 is 0 Å². The van der Waals surface area contributed by atoms with Gasteiger partial charge in [0.15, 0.2) is 0 Å². The van der Waals surface area contributed by atoms with Crippen LogP contribution in [0, 0.1) is 11.8 Å². The molecule has 0 amide bonds. The Balaban J connectivity index is 1.75. The summed E-state index contributed by atoms with van der Waals surface area (Å²) in [4.78, 5) is 2.41. The lowest BCUT2D eigenvalue weighted by Crippen LogP contribution is -2.34. The van der Waals surface area contributed by atoms with Crippen LogP contribution < -0.4 is 4.90 Å². The maximum atomic E-state index is 3.52. The van der Waals surface area contributed by atoms with Gasteiger partial charge in [0, 0.05) is 22.3 Å². The van der Waals surface area contributed by atoms with Crippen molar-refractivity contribution in [3.05, 3.63) is 100 Å². The minimum Gasteiger partial charge on any atom is -0.353 e. The fraction of sp³-hybridized carbons (Fsp3) is 0.130. The van der Waals surface area contributed by atoms with E-state index in [0.717, 1.165) is 23.0 Å². The molecule has 0 spiro atoms. The summed E-state index contributed by atoms with van der Waals surface area (Å²) >= 11 is 3.48. The summed E-state index contributed by atoms with van der Waals surface area (Å²) in [6.45, 7) is 0.987. The van der Waals surface area contributed by atoms with Crippen LogP contribution in [-0.4, -0.2) is 6.54 Å². The van der Waals surface area contributed by atoms with Gasteiger partial charge in [-0.1, -0.05) is 70.2 Å². The molecule has 0 N–H and O–H groups in total. The maximum absolute atomic E-state index is 3.52. The van der Waals surface area contributed by atoms with E-state index in [1.165, 1.54) is 16.8 Å². The second-order valence-electron chi connectivity index (χ2n) is 6.16. The Morgan fingerprint density at radius 1 is 0.840 bits per heavy atom. The van der Waals surface area contributed by atoms with Crippen molar-refractivity contribution in [3.8, 4) is 11.8 Å². The van der Waals surface area contributed by atoms with E-state index in [1.54, 1.807) is 0 Å². The molecular weight excluding hydrogens is 370 g/mol. The molecule has 0 saturated carbocycles. The first kappa shape index (κ1) is 16.0. The zero-order valence-electron chi connectivity index (χ0n) is 13.8. The summed E-state index contributed by atoms with van der Waals surface area (Å²) in [7, 11) is 0. The smallest absolute Gasteiger partial charge is 0.117 e. The van der Waals surface area contributed by atoms with Crippen molar-refractivity contribution in [1.29, 1.82) is 0 Å². The van der Waals surface area contributed by atoms with Crippen molar-refractivity contribution in [1.82, 2.24) is 0 Å². The molecule has 1 heterocycles. The molecule has 0 unspecified atom stereocenters. The zero-order chi connectivity index (χ0) is 17.1. The lowest BCUT2D eigenvalue weighted by Gasteiger charge is -2.36. The number of hydrogen-bond acceptors (Lipinski definition) is 1. The first-order valence-corrected chi connectivity index (χ1v) is 9.27. The fourth-order valence-electron chi connectivity index (χ4n) is 3.30. The minimum absolute atomic E-state index is 0.0796. The topological polar surface area (TPSA) is 3.24 Å². The summed E-state index contributed by atoms with van der Waals surface area (Å²) in [5, 5.41) is 0. The standard InChI is InChI=1S/C23H18BrN/c24-20-13-10-18(11-14-20)12-15-23-22-9-5-4-6-19(22)16-17-25(23)21-7-2-1-3-8-21/h1-11,13-14,23H,16-17H2/t23-/m0/s1. The van der Waals surface area contributed by atoms with Crippen LogP contribution >= 0.6 is 15.9 Å². The van der Waals surface area contributed by atoms with Gasteiger partial charge in [0.25, 0.3) is 0 Å². The van der Waals surface area contributed by atoms with Gasteiger partial charge in [-0.25, -0.2) is 0 Å². The number of para-hydroxylation sites is 1. The molecule has 1 atom stereocenters. The molecule has 0 bridgehead atoms. The van der Waals surface area contributed by atoms with E-state index in [-0.39, 0.29) is 6.04 Å². The predicted octanol–water partition coefficient (Wildman–Crippen LogP) is 5.60. The molecule has 1 nitrogen and oxygen atoms in total. The van der Waals surface area contributed by atoms with Crippen LogP contribution in [0.25, 0.3) is 0 Å². The molecule has 0 fully saturated rings. The lowest BCUT2D eigenvalue weighted by atomic mass is 9.92. The molecular formula is C23H18BrN. The molecule has 0 radical (unpaired) electrons. The predicted molar refractivity (Wildman–Crippen MR) is 108 cm³/mol. The average molecular weight is 388 g/mol. The third-order valence-corrected chi connectivity index (χ3v) is 5.10. The van der Waals surface area contributed by atoms with E-state index < -0.39 is 0 Å². The Bertz CT molecular complexity index is 920. The van der Waals surface area contributed by atoms with Crippen LogP contribution in [0.1, 0.15) is 22.7 Å². The summed E-state index contributed by atoms with van der Waals surface area (Å²) in [5.74, 6) is 6.89. The number of halogens is 1. The van der Waals surface area contributed by atoms with Gasteiger partial charge < -0.3 is 4.90 Å². The van der Waals surface area contributed by atoms with Gasteiger partial charge >= 0.3 is 0 Å². The van der Waals surface area contributed by atoms with Crippen molar-refractivity contribution in [2.24, 2.45) is 0 Å². The third kappa shape index (κ3) is 3.48.